The van der Waals surface area contributed by atoms with E-state index in [2.05, 4.69) is 25.6 Å². The van der Waals surface area contributed by atoms with Crippen molar-refractivity contribution in [2.45, 2.75) is 19.8 Å². The lowest BCUT2D eigenvalue weighted by Crippen LogP contribution is -1.90. The highest BCUT2D eigenvalue weighted by Gasteiger charge is 2.04. The van der Waals surface area contributed by atoms with Crippen molar-refractivity contribution < 1.29 is 0 Å². The van der Waals surface area contributed by atoms with E-state index in [1.165, 1.54) is 5.56 Å². The molecule has 0 bridgehead atoms. The van der Waals surface area contributed by atoms with Crippen LogP contribution in [0.15, 0.2) is 23.2 Å². The van der Waals surface area contributed by atoms with E-state index < -0.39 is 0 Å². The standard InChI is InChI=1S/C10H14N2/c1-7(2)9-5-4-8(11)6-10(9)12-3/h4-7H,3,11H2,1-2H3. The van der Waals surface area contributed by atoms with Gasteiger partial charge in [-0.15, -0.1) is 0 Å². The van der Waals surface area contributed by atoms with Crippen LogP contribution >= 0.6 is 0 Å². The van der Waals surface area contributed by atoms with Crippen LogP contribution in [-0.2, 0) is 0 Å². The van der Waals surface area contributed by atoms with Crippen LogP contribution in [0.5, 0.6) is 0 Å². The van der Waals surface area contributed by atoms with E-state index in [0.717, 1.165) is 11.4 Å². The van der Waals surface area contributed by atoms with Crippen molar-refractivity contribution in [2.75, 3.05) is 5.73 Å². The molecule has 2 N–H and O–H groups in total. The molecule has 2 heteroatoms. The van der Waals surface area contributed by atoms with Crippen molar-refractivity contribution in [1.82, 2.24) is 0 Å². The Morgan fingerprint density at radius 1 is 1.42 bits per heavy atom. The lowest BCUT2D eigenvalue weighted by Gasteiger charge is -2.08. The van der Waals surface area contributed by atoms with Gasteiger partial charge in [-0.1, -0.05) is 19.9 Å². The van der Waals surface area contributed by atoms with Crippen LogP contribution in [0.25, 0.3) is 0 Å². The molecule has 0 fully saturated rings. The minimum atomic E-state index is 0.464. The van der Waals surface area contributed by atoms with Gasteiger partial charge in [-0.25, -0.2) is 0 Å². The summed E-state index contributed by atoms with van der Waals surface area (Å²) in [5.74, 6) is 0.464. The van der Waals surface area contributed by atoms with Crippen LogP contribution in [-0.4, -0.2) is 6.72 Å². The molecule has 64 valence electrons. The van der Waals surface area contributed by atoms with Gasteiger partial charge in [0.05, 0.1) is 5.69 Å². The molecular weight excluding hydrogens is 148 g/mol. The molecule has 1 aromatic carbocycles. The second-order valence-electron chi connectivity index (χ2n) is 3.13. The van der Waals surface area contributed by atoms with Crippen molar-refractivity contribution in [1.29, 1.82) is 0 Å². The lowest BCUT2D eigenvalue weighted by molar-refractivity contribution is 0.867. The maximum atomic E-state index is 5.62. The average molecular weight is 162 g/mol. The van der Waals surface area contributed by atoms with Crippen LogP contribution in [0, 0.1) is 0 Å². The van der Waals surface area contributed by atoms with Gasteiger partial charge in [0.15, 0.2) is 0 Å². The fourth-order valence-corrected chi connectivity index (χ4v) is 1.19. The Morgan fingerprint density at radius 2 is 2.08 bits per heavy atom. The smallest absolute Gasteiger partial charge is 0.0677 e. The van der Waals surface area contributed by atoms with Gasteiger partial charge in [0, 0.05) is 5.69 Å². The molecule has 0 unspecified atom stereocenters. The van der Waals surface area contributed by atoms with E-state index in [1.807, 2.05) is 18.2 Å². The minimum Gasteiger partial charge on any atom is -0.399 e. The summed E-state index contributed by atoms with van der Waals surface area (Å²) in [5, 5.41) is 0. The normalized spacial score (nSPS) is 10.2. The van der Waals surface area contributed by atoms with Gasteiger partial charge in [0.2, 0.25) is 0 Å². The van der Waals surface area contributed by atoms with Gasteiger partial charge in [0.1, 0.15) is 0 Å². The van der Waals surface area contributed by atoms with Crippen molar-refractivity contribution in [3.05, 3.63) is 23.8 Å². The fourth-order valence-electron chi connectivity index (χ4n) is 1.19. The fraction of sp³-hybridized carbons (Fsp3) is 0.300. The highest BCUT2D eigenvalue weighted by atomic mass is 14.7. The first kappa shape index (κ1) is 8.78. The van der Waals surface area contributed by atoms with E-state index in [9.17, 15) is 0 Å². The summed E-state index contributed by atoms with van der Waals surface area (Å²) in [7, 11) is 0. The Bertz CT molecular complexity index is 290. The largest absolute Gasteiger partial charge is 0.399 e. The van der Waals surface area contributed by atoms with E-state index in [0.29, 0.717) is 5.92 Å². The third kappa shape index (κ3) is 1.64. The first-order valence-electron chi connectivity index (χ1n) is 4.01. The maximum absolute atomic E-state index is 5.62. The highest BCUT2D eigenvalue weighted by Crippen LogP contribution is 2.27. The number of aliphatic imine (C=N–C) groups is 1. The Labute approximate surface area is 73.1 Å². The van der Waals surface area contributed by atoms with Gasteiger partial charge >= 0.3 is 0 Å². The molecule has 0 aromatic heterocycles. The molecule has 0 atom stereocenters. The summed E-state index contributed by atoms with van der Waals surface area (Å²) in [5.41, 5.74) is 8.44. The number of benzene rings is 1. The Kier molecular flexibility index (Phi) is 2.48. The molecule has 0 aliphatic rings. The summed E-state index contributed by atoms with van der Waals surface area (Å²) in [6.07, 6.45) is 0. The maximum Gasteiger partial charge on any atom is 0.0677 e. The molecule has 0 heterocycles. The van der Waals surface area contributed by atoms with Gasteiger partial charge in [0.25, 0.3) is 0 Å². The van der Waals surface area contributed by atoms with Gasteiger partial charge in [-0.2, -0.15) is 0 Å². The predicted octanol–water partition coefficient (Wildman–Crippen LogP) is 2.72. The Balaban J connectivity index is 3.20. The first-order chi connectivity index (χ1) is 5.65. The number of nitrogens with zero attached hydrogens (tertiary/aromatic N) is 1. The summed E-state index contributed by atoms with van der Waals surface area (Å²) in [6.45, 7) is 7.76. The van der Waals surface area contributed by atoms with Crippen molar-refractivity contribution in [3.8, 4) is 0 Å². The van der Waals surface area contributed by atoms with Crippen LogP contribution in [0.1, 0.15) is 25.3 Å². The number of hydrogen-bond donors (Lipinski definition) is 1. The predicted molar refractivity (Wildman–Crippen MR) is 54.2 cm³/mol. The van der Waals surface area contributed by atoms with Gasteiger partial charge < -0.3 is 5.73 Å². The Morgan fingerprint density at radius 3 is 2.58 bits per heavy atom. The topological polar surface area (TPSA) is 38.4 Å². The molecule has 0 spiro atoms. The number of rotatable bonds is 2. The number of nitrogens with two attached hydrogens (primary N) is 1. The SMILES string of the molecule is C=Nc1cc(N)ccc1C(C)C. The third-order valence-electron chi connectivity index (χ3n) is 1.85. The zero-order valence-electron chi connectivity index (χ0n) is 7.54. The molecule has 0 radical (unpaired) electrons. The van der Waals surface area contributed by atoms with Gasteiger partial charge in [-0.05, 0) is 30.3 Å². The first-order valence-corrected chi connectivity index (χ1v) is 4.01. The molecule has 12 heavy (non-hydrogen) atoms. The average Bonchev–Trinajstić information content (AvgIpc) is 2.03. The van der Waals surface area contributed by atoms with E-state index in [-0.39, 0.29) is 0 Å². The second kappa shape index (κ2) is 3.39. The molecule has 2 nitrogen and oxygen atoms in total. The minimum absolute atomic E-state index is 0.464. The molecule has 0 amide bonds. The zero-order chi connectivity index (χ0) is 9.14. The number of anilines is 1. The molecule has 1 aromatic rings. The molecule has 0 aliphatic carbocycles. The van der Waals surface area contributed by atoms with Crippen molar-refractivity contribution in [2.24, 2.45) is 4.99 Å². The highest BCUT2D eigenvalue weighted by molar-refractivity contribution is 5.59. The lowest BCUT2D eigenvalue weighted by atomic mass is 10.0. The van der Waals surface area contributed by atoms with Crippen LogP contribution < -0.4 is 5.73 Å². The van der Waals surface area contributed by atoms with Crippen LogP contribution in [0.4, 0.5) is 11.4 Å². The zero-order valence-corrected chi connectivity index (χ0v) is 7.54. The van der Waals surface area contributed by atoms with Gasteiger partial charge in [-0.3, -0.25) is 4.99 Å². The number of hydrogen-bond acceptors (Lipinski definition) is 2. The van der Waals surface area contributed by atoms with E-state index in [4.69, 9.17) is 5.73 Å². The molecular formula is C10H14N2. The van der Waals surface area contributed by atoms with Crippen molar-refractivity contribution in [3.63, 3.8) is 0 Å². The second-order valence-corrected chi connectivity index (χ2v) is 3.13. The summed E-state index contributed by atoms with van der Waals surface area (Å²) in [6, 6.07) is 5.75. The van der Waals surface area contributed by atoms with Crippen LogP contribution in [0.3, 0.4) is 0 Å². The van der Waals surface area contributed by atoms with Crippen molar-refractivity contribution >= 4 is 18.1 Å². The summed E-state index contributed by atoms with van der Waals surface area (Å²) in [4.78, 5) is 3.92. The third-order valence-corrected chi connectivity index (χ3v) is 1.85. The number of nitrogen functional groups attached to an aromatic ring is 1. The van der Waals surface area contributed by atoms with E-state index in [1.54, 1.807) is 0 Å². The molecule has 0 aliphatic heterocycles. The quantitative estimate of drug-likeness (QED) is 0.527. The molecule has 1 rings (SSSR count). The summed E-state index contributed by atoms with van der Waals surface area (Å²) >= 11 is 0. The Hall–Kier alpha value is -1.31. The van der Waals surface area contributed by atoms with E-state index >= 15 is 0 Å². The molecule has 0 saturated carbocycles. The van der Waals surface area contributed by atoms with Crippen LogP contribution in [0.2, 0.25) is 0 Å². The molecule has 0 saturated heterocycles. The summed E-state index contributed by atoms with van der Waals surface area (Å²) < 4.78 is 0. The monoisotopic (exact) mass is 162 g/mol.